The molecule has 7 heteroatoms. The molecule has 0 atom stereocenters. The summed E-state index contributed by atoms with van der Waals surface area (Å²) in [4.78, 5) is 11.5. The molecule has 3 rings (SSSR count). The van der Waals surface area contributed by atoms with E-state index in [4.69, 9.17) is 0 Å². The van der Waals surface area contributed by atoms with Crippen LogP contribution in [0, 0.1) is 6.92 Å². The summed E-state index contributed by atoms with van der Waals surface area (Å²) in [5, 5.41) is 10.8. The van der Waals surface area contributed by atoms with Crippen molar-refractivity contribution >= 4 is 48.4 Å². The van der Waals surface area contributed by atoms with E-state index in [0.717, 1.165) is 15.3 Å². The molecule has 0 heterocycles. The van der Waals surface area contributed by atoms with Gasteiger partial charge in [0.1, 0.15) is 6.54 Å². The van der Waals surface area contributed by atoms with Crippen LogP contribution in [0.5, 0.6) is 0 Å². The molecule has 0 unspecified atom stereocenters. The molecule has 3 aromatic carbocycles. The Morgan fingerprint density at radius 2 is 1.77 bits per heavy atom. The highest BCUT2D eigenvalue weighted by Crippen LogP contribution is 2.32. The zero-order chi connectivity index (χ0) is 18.9. The number of nitrogens with zero attached hydrogens (tertiary/aromatic N) is 1. The van der Waals surface area contributed by atoms with Crippen molar-refractivity contribution in [3.05, 3.63) is 70.7 Å². The molecule has 0 radical (unpaired) electrons. The first-order chi connectivity index (χ1) is 12.3. The molecule has 0 amide bonds. The molecule has 0 aliphatic heterocycles. The number of carboxylic acid groups (broad SMARTS) is 1. The quantitative estimate of drug-likeness (QED) is 0.654. The third-order valence-electron chi connectivity index (χ3n) is 3.92. The number of aryl methyl sites for hydroxylation is 1. The van der Waals surface area contributed by atoms with Gasteiger partial charge in [-0.1, -0.05) is 52.3 Å². The van der Waals surface area contributed by atoms with Gasteiger partial charge >= 0.3 is 5.97 Å². The van der Waals surface area contributed by atoms with E-state index in [-0.39, 0.29) is 4.90 Å². The Labute approximate surface area is 160 Å². The smallest absolute Gasteiger partial charge is 0.324 e. The maximum Gasteiger partial charge on any atom is 0.324 e. The number of benzene rings is 3. The number of halogens is 1. The number of rotatable bonds is 5. The molecule has 134 valence electrons. The number of anilines is 1. The van der Waals surface area contributed by atoms with E-state index in [2.05, 4.69) is 15.9 Å². The van der Waals surface area contributed by atoms with Gasteiger partial charge in [0.05, 0.1) is 10.6 Å². The van der Waals surface area contributed by atoms with Crippen molar-refractivity contribution in [3.8, 4) is 0 Å². The minimum absolute atomic E-state index is 0.0403. The highest BCUT2D eigenvalue weighted by atomic mass is 79.9. The molecular formula is C19H16BrNO4S. The molecule has 0 bridgehead atoms. The molecule has 0 aromatic heterocycles. The highest BCUT2D eigenvalue weighted by molar-refractivity contribution is 9.10. The Bertz CT molecular complexity index is 1070. The SMILES string of the molecule is Cc1cc(Br)cc(S(=O)(=O)N(CC(=O)O)c2cccc3ccccc23)c1. The summed E-state index contributed by atoms with van der Waals surface area (Å²) in [5.41, 5.74) is 1.09. The summed E-state index contributed by atoms with van der Waals surface area (Å²) in [6, 6.07) is 17.3. The van der Waals surface area contributed by atoms with Gasteiger partial charge in [-0.25, -0.2) is 8.42 Å². The molecule has 1 N–H and O–H groups in total. The number of aliphatic carboxylic acids is 1. The summed E-state index contributed by atoms with van der Waals surface area (Å²) in [6.45, 7) is 1.12. The number of hydrogen-bond donors (Lipinski definition) is 1. The molecule has 5 nitrogen and oxygen atoms in total. The fourth-order valence-electron chi connectivity index (χ4n) is 2.83. The number of fused-ring (bicyclic) bond motifs is 1. The van der Waals surface area contributed by atoms with E-state index >= 15 is 0 Å². The normalized spacial score (nSPS) is 11.5. The van der Waals surface area contributed by atoms with Gasteiger partial charge in [0.2, 0.25) is 0 Å². The lowest BCUT2D eigenvalue weighted by atomic mass is 10.1. The average molecular weight is 434 g/mol. The summed E-state index contributed by atoms with van der Waals surface area (Å²) >= 11 is 3.30. The van der Waals surface area contributed by atoms with Crippen LogP contribution in [0.2, 0.25) is 0 Å². The number of carbonyl (C=O) groups is 1. The fourth-order valence-corrected chi connectivity index (χ4v) is 5.15. The van der Waals surface area contributed by atoms with Crippen molar-refractivity contribution in [2.45, 2.75) is 11.8 Å². The second-order valence-electron chi connectivity index (χ2n) is 5.87. The van der Waals surface area contributed by atoms with Crippen LogP contribution in [0.25, 0.3) is 10.8 Å². The second kappa shape index (κ2) is 7.09. The Balaban J connectivity index is 2.24. The monoisotopic (exact) mass is 433 g/mol. The third kappa shape index (κ3) is 3.59. The van der Waals surface area contributed by atoms with Gasteiger partial charge in [-0.05, 0) is 42.1 Å². The molecule has 0 aliphatic rings. The van der Waals surface area contributed by atoms with E-state index in [9.17, 15) is 18.3 Å². The van der Waals surface area contributed by atoms with E-state index in [1.54, 1.807) is 37.3 Å². The van der Waals surface area contributed by atoms with E-state index in [1.807, 2.05) is 18.2 Å². The molecular weight excluding hydrogens is 418 g/mol. The number of sulfonamides is 1. The van der Waals surface area contributed by atoms with Crippen molar-refractivity contribution in [3.63, 3.8) is 0 Å². The molecule has 0 spiro atoms. The Hall–Kier alpha value is -2.38. The Morgan fingerprint density at radius 1 is 1.08 bits per heavy atom. The van der Waals surface area contributed by atoms with Gasteiger partial charge in [0, 0.05) is 9.86 Å². The summed E-state index contributed by atoms with van der Waals surface area (Å²) in [5.74, 6) is -1.23. The van der Waals surface area contributed by atoms with Crippen LogP contribution in [-0.4, -0.2) is 26.0 Å². The lowest BCUT2D eigenvalue weighted by Gasteiger charge is -2.24. The largest absolute Gasteiger partial charge is 0.480 e. The van der Waals surface area contributed by atoms with E-state index < -0.39 is 22.5 Å². The van der Waals surface area contributed by atoms with Crippen molar-refractivity contribution in [2.24, 2.45) is 0 Å². The van der Waals surface area contributed by atoms with Crippen LogP contribution < -0.4 is 4.31 Å². The third-order valence-corrected chi connectivity index (χ3v) is 6.11. The lowest BCUT2D eigenvalue weighted by Crippen LogP contribution is -2.36. The molecule has 0 aliphatic carbocycles. The zero-order valence-electron chi connectivity index (χ0n) is 13.9. The highest BCUT2D eigenvalue weighted by Gasteiger charge is 2.28. The predicted molar refractivity (Wildman–Crippen MR) is 105 cm³/mol. The Kier molecular flexibility index (Phi) is 5.02. The van der Waals surface area contributed by atoms with Crippen molar-refractivity contribution in [1.29, 1.82) is 0 Å². The first kappa shape index (κ1) is 18.4. The molecule has 0 saturated carbocycles. The van der Waals surface area contributed by atoms with Crippen LogP contribution in [0.1, 0.15) is 5.56 Å². The first-order valence-electron chi connectivity index (χ1n) is 7.78. The minimum atomic E-state index is -4.06. The number of carboxylic acids is 1. The van der Waals surface area contributed by atoms with Gasteiger partial charge in [-0.3, -0.25) is 9.10 Å². The summed E-state index contributed by atoms with van der Waals surface area (Å²) in [7, 11) is -4.06. The van der Waals surface area contributed by atoms with E-state index in [1.165, 1.54) is 12.1 Å². The Morgan fingerprint density at radius 3 is 2.46 bits per heavy atom. The molecule has 3 aromatic rings. The van der Waals surface area contributed by atoms with Crippen LogP contribution in [0.4, 0.5) is 5.69 Å². The average Bonchev–Trinajstić information content (AvgIpc) is 2.58. The van der Waals surface area contributed by atoms with E-state index in [0.29, 0.717) is 15.5 Å². The van der Waals surface area contributed by atoms with Gasteiger partial charge in [-0.2, -0.15) is 0 Å². The molecule has 0 fully saturated rings. The van der Waals surface area contributed by atoms with Gasteiger partial charge < -0.3 is 5.11 Å². The maximum absolute atomic E-state index is 13.3. The van der Waals surface area contributed by atoms with Crippen LogP contribution in [0.3, 0.4) is 0 Å². The van der Waals surface area contributed by atoms with Gasteiger partial charge in [-0.15, -0.1) is 0 Å². The summed E-state index contributed by atoms with van der Waals surface area (Å²) in [6.07, 6.45) is 0. The maximum atomic E-state index is 13.3. The predicted octanol–water partition coefficient (Wildman–Crippen LogP) is 4.19. The topological polar surface area (TPSA) is 74.7 Å². The molecule has 26 heavy (non-hydrogen) atoms. The first-order valence-corrected chi connectivity index (χ1v) is 10.0. The number of hydrogen-bond acceptors (Lipinski definition) is 3. The van der Waals surface area contributed by atoms with Crippen molar-refractivity contribution in [1.82, 2.24) is 0 Å². The second-order valence-corrected chi connectivity index (χ2v) is 8.65. The van der Waals surface area contributed by atoms with Crippen molar-refractivity contribution < 1.29 is 18.3 Å². The van der Waals surface area contributed by atoms with Crippen LogP contribution in [-0.2, 0) is 14.8 Å². The zero-order valence-corrected chi connectivity index (χ0v) is 16.3. The standard InChI is InChI=1S/C19H16BrNO4S/c1-13-9-15(20)11-16(10-13)26(24,25)21(12-19(22)23)18-8-4-6-14-5-2-3-7-17(14)18/h2-11H,12H2,1H3,(H,22,23). The lowest BCUT2D eigenvalue weighted by molar-refractivity contribution is -0.135. The summed E-state index contributed by atoms with van der Waals surface area (Å²) < 4.78 is 28.1. The fraction of sp³-hybridized carbons (Fsp3) is 0.105. The van der Waals surface area contributed by atoms with Gasteiger partial charge in [0.15, 0.2) is 0 Å². The van der Waals surface area contributed by atoms with Crippen LogP contribution in [0.15, 0.2) is 70.0 Å². The molecule has 0 saturated heterocycles. The van der Waals surface area contributed by atoms with Gasteiger partial charge in [0.25, 0.3) is 10.0 Å². The minimum Gasteiger partial charge on any atom is -0.480 e. The van der Waals surface area contributed by atoms with Crippen molar-refractivity contribution in [2.75, 3.05) is 10.8 Å². The van der Waals surface area contributed by atoms with Crippen LogP contribution >= 0.6 is 15.9 Å².